The molecule has 0 radical (unpaired) electrons. The molecule has 3 heteroatoms. The summed E-state index contributed by atoms with van der Waals surface area (Å²) in [6.45, 7) is 7.85. The van der Waals surface area contributed by atoms with Crippen molar-refractivity contribution in [3.63, 3.8) is 0 Å². The van der Waals surface area contributed by atoms with Gasteiger partial charge in [0.05, 0.1) is 0 Å². The van der Waals surface area contributed by atoms with Crippen LogP contribution >= 0.6 is 0 Å². The second kappa shape index (κ2) is 6.80. The highest BCUT2D eigenvalue weighted by Crippen LogP contribution is 2.29. The summed E-state index contributed by atoms with van der Waals surface area (Å²) in [6, 6.07) is 9.72. The Balaban J connectivity index is 1.56. The fourth-order valence-corrected chi connectivity index (χ4v) is 3.52. The summed E-state index contributed by atoms with van der Waals surface area (Å²) in [4.78, 5) is 2.65. The number of ether oxygens (including phenoxy) is 1. The number of benzene rings is 1. The minimum absolute atomic E-state index is 0.335. The first kappa shape index (κ1) is 14.9. The molecule has 2 unspecified atom stereocenters. The lowest BCUT2D eigenvalue weighted by Crippen LogP contribution is -2.49. The van der Waals surface area contributed by atoms with E-state index in [1.54, 1.807) is 0 Å². The Morgan fingerprint density at radius 2 is 2.14 bits per heavy atom. The van der Waals surface area contributed by atoms with Crippen LogP contribution in [-0.4, -0.2) is 42.7 Å². The van der Waals surface area contributed by atoms with E-state index in [0.29, 0.717) is 18.2 Å². The van der Waals surface area contributed by atoms with Gasteiger partial charge in [0.1, 0.15) is 11.9 Å². The van der Waals surface area contributed by atoms with Crippen molar-refractivity contribution in [1.82, 2.24) is 10.2 Å². The summed E-state index contributed by atoms with van der Waals surface area (Å²) in [5.74, 6) is 1.09. The predicted octanol–water partition coefficient (Wildman–Crippen LogP) is 2.84. The lowest BCUT2D eigenvalue weighted by molar-refractivity contribution is 0.0885. The minimum Gasteiger partial charge on any atom is -0.488 e. The van der Waals surface area contributed by atoms with Crippen LogP contribution in [0.15, 0.2) is 24.3 Å². The largest absolute Gasteiger partial charge is 0.488 e. The normalized spacial score (nSPS) is 25.9. The molecule has 3 rings (SSSR count). The number of hydrogen-bond acceptors (Lipinski definition) is 3. The second-order valence-corrected chi connectivity index (χ2v) is 6.76. The van der Waals surface area contributed by atoms with Gasteiger partial charge in [0.15, 0.2) is 0 Å². The highest BCUT2D eigenvalue weighted by Gasteiger charge is 2.29. The Morgan fingerprint density at radius 3 is 2.95 bits per heavy atom. The van der Waals surface area contributed by atoms with Gasteiger partial charge in [-0.3, -0.25) is 4.90 Å². The Bertz CT molecular complexity index is 435. The summed E-state index contributed by atoms with van der Waals surface area (Å²) in [5.41, 5.74) is 1.37. The zero-order valence-electron chi connectivity index (χ0n) is 13.3. The van der Waals surface area contributed by atoms with Gasteiger partial charge in [-0.1, -0.05) is 38.5 Å². The molecule has 2 atom stereocenters. The number of likely N-dealkylation sites (tertiary alicyclic amines) is 1. The van der Waals surface area contributed by atoms with Crippen molar-refractivity contribution in [3.05, 3.63) is 29.8 Å². The molecule has 0 amide bonds. The molecule has 0 aromatic heterocycles. The molecule has 0 bridgehead atoms. The third-order valence-corrected chi connectivity index (χ3v) is 4.66. The molecule has 1 saturated heterocycles. The van der Waals surface area contributed by atoms with Gasteiger partial charge in [-0.25, -0.2) is 0 Å². The number of hydrogen-bond donors (Lipinski definition) is 1. The van der Waals surface area contributed by atoms with Crippen molar-refractivity contribution in [2.45, 2.75) is 57.7 Å². The molecule has 0 spiro atoms. The molecule has 3 nitrogen and oxygen atoms in total. The van der Waals surface area contributed by atoms with Gasteiger partial charge in [0.25, 0.3) is 0 Å². The average molecular weight is 288 g/mol. The highest BCUT2D eigenvalue weighted by molar-refractivity contribution is 5.37. The molecule has 0 aliphatic carbocycles. The first-order valence-electron chi connectivity index (χ1n) is 8.44. The van der Waals surface area contributed by atoms with E-state index < -0.39 is 0 Å². The van der Waals surface area contributed by atoms with Crippen LogP contribution in [-0.2, 0) is 6.42 Å². The van der Waals surface area contributed by atoms with Crippen LogP contribution in [0.1, 0.15) is 38.7 Å². The Labute approximate surface area is 128 Å². The fourth-order valence-electron chi connectivity index (χ4n) is 3.52. The van der Waals surface area contributed by atoms with E-state index in [-0.39, 0.29) is 0 Å². The molecular weight excluding hydrogens is 260 g/mol. The van der Waals surface area contributed by atoms with Crippen molar-refractivity contribution in [2.24, 2.45) is 0 Å². The standard InChI is InChI=1S/C18H28N2O/c1-14(2)19-12-16-8-5-6-10-20(16)13-17-11-15-7-3-4-9-18(15)21-17/h3-4,7,9,14,16-17,19H,5-6,8,10-13H2,1-2H3. The van der Waals surface area contributed by atoms with Crippen molar-refractivity contribution < 1.29 is 4.74 Å². The number of piperidine rings is 1. The maximum atomic E-state index is 6.12. The quantitative estimate of drug-likeness (QED) is 0.901. The number of fused-ring (bicyclic) bond motifs is 1. The first-order valence-corrected chi connectivity index (χ1v) is 8.44. The Morgan fingerprint density at radius 1 is 1.29 bits per heavy atom. The maximum absolute atomic E-state index is 6.12. The molecule has 2 heterocycles. The summed E-state index contributed by atoms with van der Waals surface area (Å²) >= 11 is 0. The number of para-hydroxylation sites is 1. The Hall–Kier alpha value is -1.06. The van der Waals surface area contributed by atoms with E-state index >= 15 is 0 Å². The minimum atomic E-state index is 0.335. The third kappa shape index (κ3) is 3.78. The van der Waals surface area contributed by atoms with Gasteiger partial charge in [-0.05, 0) is 31.0 Å². The van der Waals surface area contributed by atoms with E-state index in [0.717, 1.165) is 25.3 Å². The monoisotopic (exact) mass is 288 g/mol. The van der Waals surface area contributed by atoms with Crippen LogP contribution < -0.4 is 10.1 Å². The Kier molecular flexibility index (Phi) is 4.81. The summed E-state index contributed by atoms with van der Waals surface area (Å²) in [5, 5.41) is 3.60. The van der Waals surface area contributed by atoms with E-state index in [4.69, 9.17) is 4.74 Å². The summed E-state index contributed by atoms with van der Waals surface area (Å²) in [7, 11) is 0. The summed E-state index contributed by atoms with van der Waals surface area (Å²) < 4.78 is 6.12. The van der Waals surface area contributed by atoms with Gasteiger partial charge in [0, 0.05) is 31.6 Å². The SMILES string of the molecule is CC(C)NCC1CCCCN1CC1Cc2ccccc2O1. The number of nitrogens with one attached hydrogen (secondary N) is 1. The molecular formula is C18H28N2O. The van der Waals surface area contributed by atoms with Crippen LogP contribution in [0, 0.1) is 0 Å². The average Bonchev–Trinajstić information content (AvgIpc) is 2.88. The van der Waals surface area contributed by atoms with Crippen LogP contribution in [0.2, 0.25) is 0 Å². The third-order valence-electron chi connectivity index (χ3n) is 4.66. The summed E-state index contributed by atoms with van der Waals surface area (Å²) in [6.07, 6.45) is 5.42. The van der Waals surface area contributed by atoms with E-state index in [9.17, 15) is 0 Å². The van der Waals surface area contributed by atoms with Gasteiger partial charge in [-0.15, -0.1) is 0 Å². The van der Waals surface area contributed by atoms with Crippen molar-refractivity contribution in [2.75, 3.05) is 19.6 Å². The second-order valence-electron chi connectivity index (χ2n) is 6.76. The van der Waals surface area contributed by atoms with E-state index in [2.05, 4.69) is 48.3 Å². The number of nitrogens with zero attached hydrogens (tertiary/aromatic N) is 1. The zero-order valence-corrected chi connectivity index (χ0v) is 13.3. The fraction of sp³-hybridized carbons (Fsp3) is 0.667. The lowest BCUT2D eigenvalue weighted by atomic mass is 10.0. The van der Waals surface area contributed by atoms with Crippen molar-refractivity contribution >= 4 is 0 Å². The lowest BCUT2D eigenvalue weighted by Gasteiger charge is -2.37. The molecule has 21 heavy (non-hydrogen) atoms. The smallest absolute Gasteiger partial charge is 0.123 e. The molecule has 1 aromatic rings. The van der Waals surface area contributed by atoms with Gasteiger partial charge in [-0.2, -0.15) is 0 Å². The van der Waals surface area contributed by atoms with Gasteiger partial charge >= 0.3 is 0 Å². The zero-order chi connectivity index (χ0) is 14.7. The maximum Gasteiger partial charge on any atom is 0.123 e. The molecule has 1 N–H and O–H groups in total. The van der Waals surface area contributed by atoms with Crippen LogP contribution in [0.5, 0.6) is 5.75 Å². The van der Waals surface area contributed by atoms with Crippen molar-refractivity contribution in [1.29, 1.82) is 0 Å². The molecule has 0 saturated carbocycles. The topological polar surface area (TPSA) is 24.5 Å². The molecule has 1 fully saturated rings. The predicted molar refractivity (Wildman–Crippen MR) is 86.9 cm³/mol. The molecule has 2 aliphatic heterocycles. The first-order chi connectivity index (χ1) is 10.2. The van der Waals surface area contributed by atoms with Crippen LogP contribution in [0.25, 0.3) is 0 Å². The molecule has 1 aromatic carbocycles. The highest BCUT2D eigenvalue weighted by atomic mass is 16.5. The number of rotatable bonds is 5. The molecule has 2 aliphatic rings. The molecule has 116 valence electrons. The van der Waals surface area contributed by atoms with Crippen LogP contribution in [0.4, 0.5) is 0 Å². The van der Waals surface area contributed by atoms with Crippen molar-refractivity contribution in [3.8, 4) is 5.75 Å². The van der Waals surface area contributed by atoms with Crippen LogP contribution in [0.3, 0.4) is 0 Å². The van der Waals surface area contributed by atoms with E-state index in [1.807, 2.05) is 0 Å². The van der Waals surface area contributed by atoms with Gasteiger partial charge < -0.3 is 10.1 Å². The van der Waals surface area contributed by atoms with E-state index in [1.165, 1.54) is 31.4 Å². The van der Waals surface area contributed by atoms with Gasteiger partial charge in [0.2, 0.25) is 0 Å².